The summed E-state index contributed by atoms with van der Waals surface area (Å²) in [5.41, 5.74) is 1.48. The minimum atomic E-state index is -0.376. The Morgan fingerprint density at radius 2 is 2.05 bits per heavy atom. The van der Waals surface area contributed by atoms with E-state index in [0.717, 1.165) is 18.4 Å². The quantitative estimate of drug-likeness (QED) is 0.484. The molecule has 0 bridgehead atoms. The molecule has 1 heterocycles. The van der Waals surface area contributed by atoms with Gasteiger partial charge in [0, 0.05) is 31.4 Å². The topological polar surface area (TPSA) is 77.2 Å². The molecule has 2 aromatic rings. The van der Waals surface area contributed by atoms with Crippen molar-refractivity contribution in [3.8, 4) is 0 Å². The van der Waals surface area contributed by atoms with Gasteiger partial charge in [0.1, 0.15) is 5.69 Å². The van der Waals surface area contributed by atoms with E-state index in [1.165, 1.54) is 6.07 Å². The van der Waals surface area contributed by atoms with Crippen molar-refractivity contribution < 1.29 is 4.92 Å². The maximum Gasteiger partial charge on any atom is 0.292 e. The Labute approximate surface area is 128 Å². The zero-order valence-corrected chi connectivity index (χ0v) is 12.5. The third-order valence-electron chi connectivity index (χ3n) is 3.39. The van der Waals surface area contributed by atoms with E-state index in [1.807, 2.05) is 19.1 Å². The maximum absolute atomic E-state index is 11.5. The molecule has 22 heavy (non-hydrogen) atoms. The van der Waals surface area contributed by atoms with Crippen molar-refractivity contribution in [2.24, 2.45) is 0 Å². The number of hydrogen-bond donors (Lipinski definition) is 1. The van der Waals surface area contributed by atoms with Crippen LogP contribution < -0.4 is 10.9 Å². The predicted molar refractivity (Wildman–Crippen MR) is 86.3 cm³/mol. The molecular formula is C16H19N3O3. The largest absolute Gasteiger partial charge is 0.379 e. The Morgan fingerprint density at radius 3 is 2.77 bits per heavy atom. The van der Waals surface area contributed by atoms with Gasteiger partial charge in [-0.15, -0.1) is 0 Å². The second kappa shape index (κ2) is 7.40. The maximum atomic E-state index is 11.5. The van der Waals surface area contributed by atoms with Crippen LogP contribution in [0.2, 0.25) is 0 Å². The molecule has 6 heteroatoms. The molecule has 0 fully saturated rings. The van der Waals surface area contributed by atoms with Crippen LogP contribution in [-0.2, 0) is 6.54 Å². The van der Waals surface area contributed by atoms with Gasteiger partial charge in [0.05, 0.1) is 4.92 Å². The van der Waals surface area contributed by atoms with Gasteiger partial charge in [-0.3, -0.25) is 14.9 Å². The van der Waals surface area contributed by atoms with Gasteiger partial charge in [0.25, 0.3) is 5.69 Å². The van der Waals surface area contributed by atoms with E-state index in [-0.39, 0.29) is 16.2 Å². The lowest BCUT2D eigenvalue weighted by Gasteiger charge is -2.08. The molecule has 0 atom stereocenters. The van der Waals surface area contributed by atoms with Crippen molar-refractivity contribution in [2.45, 2.75) is 26.3 Å². The predicted octanol–water partition coefficient (Wildman–Crippen LogP) is 2.96. The van der Waals surface area contributed by atoms with Gasteiger partial charge < -0.3 is 9.88 Å². The van der Waals surface area contributed by atoms with Gasteiger partial charge in [0.2, 0.25) is 5.56 Å². The number of pyridine rings is 1. The Bertz CT molecular complexity index is 710. The fraction of sp³-hybridized carbons (Fsp3) is 0.312. The molecular weight excluding hydrogens is 282 g/mol. The van der Waals surface area contributed by atoms with Gasteiger partial charge in [-0.25, -0.2) is 0 Å². The Morgan fingerprint density at radius 1 is 1.23 bits per heavy atom. The summed E-state index contributed by atoms with van der Waals surface area (Å²) >= 11 is 0. The van der Waals surface area contributed by atoms with E-state index < -0.39 is 0 Å². The van der Waals surface area contributed by atoms with Crippen molar-refractivity contribution in [3.63, 3.8) is 0 Å². The van der Waals surface area contributed by atoms with Gasteiger partial charge in [0.15, 0.2) is 0 Å². The molecule has 0 amide bonds. The number of unbranched alkanes of at least 4 members (excludes halogenated alkanes) is 1. The second-order valence-corrected chi connectivity index (χ2v) is 5.14. The zero-order chi connectivity index (χ0) is 15.9. The highest BCUT2D eigenvalue weighted by atomic mass is 16.6. The lowest BCUT2D eigenvalue weighted by molar-refractivity contribution is -0.384. The summed E-state index contributed by atoms with van der Waals surface area (Å²) in [4.78, 5) is 22.2. The molecule has 0 saturated carbocycles. The molecule has 0 aliphatic carbocycles. The van der Waals surface area contributed by atoms with E-state index in [4.69, 9.17) is 0 Å². The molecule has 116 valence electrons. The van der Waals surface area contributed by atoms with Crippen LogP contribution in [-0.4, -0.2) is 16.0 Å². The van der Waals surface area contributed by atoms with Crippen molar-refractivity contribution in [2.75, 3.05) is 11.9 Å². The molecule has 1 aromatic heterocycles. The first-order chi connectivity index (χ1) is 10.6. The standard InChI is InChI=1S/C16H19N3O3/c1-13-7-8-14(15(12-13)19(21)22)17-9-3-5-11-18-10-4-2-6-16(18)20/h2,4,6-8,10,12,17H,3,5,9,11H2,1H3. The molecule has 0 saturated heterocycles. The van der Waals surface area contributed by atoms with Crippen LogP contribution in [0.15, 0.2) is 47.4 Å². The number of nitro groups is 1. The van der Waals surface area contributed by atoms with Gasteiger partial charge in [-0.05, 0) is 37.5 Å². The van der Waals surface area contributed by atoms with Crippen molar-refractivity contribution in [1.82, 2.24) is 4.57 Å². The second-order valence-electron chi connectivity index (χ2n) is 5.14. The average molecular weight is 301 g/mol. The van der Waals surface area contributed by atoms with Crippen molar-refractivity contribution >= 4 is 11.4 Å². The minimum absolute atomic E-state index is 0.00960. The van der Waals surface area contributed by atoms with Crippen molar-refractivity contribution in [3.05, 3.63) is 68.6 Å². The van der Waals surface area contributed by atoms with E-state index in [2.05, 4.69) is 5.32 Å². The smallest absolute Gasteiger partial charge is 0.292 e. The SMILES string of the molecule is Cc1ccc(NCCCCn2ccccc2=O)c([N+](=O)[O-])c1. The molecule has 0 spiro atoms. The van der Waals surface area contributed by atoms with E-state index in [1.54, 1.807) is 29.0 Å². The molecule has 2 rings (SSSR count). The highest BCUT2D eigenvalue weighted by molar-refractivity contribution is 5.62. The highest BCUT2D eigenvalue weighted by Crippen LogP contribution is 2.25. The van der Waals surface area contributed by atoms with Crippen LogP contribution in [0.25, 0.3) is 0 Å². The number of benzene rings is 1. The Balaban J connectivity index is 1.83. The first kappa shape index (κ1) is 15.8. The van der Waals surface area contributed by atoms with E-state index >= 15 is 0 Å². The molecule has 1 aromatic carbocycles. The van der Waals surface area contributed by atoms with Crippen LogP contribution in [0.1, 0.15) is 18.4 Å². The van der Waals surface area contributed by atoms with Crippen LogP contribution in [0.4, 0.5) is 11.4 Å². The fourth-order valence-electron chi connectivity index (χ4n) is 2.22. The third kappa shape index (κ3) is 4.18. The molecule has 0 aliphatic rings. The lowest BCUT2D eigenvalue weighted by Crippen LogP contribution is -2.18. The van der Waals surface area contributed by atoms with Gasteiger partial charge in [-0.2, -0.15) is 0 Å². The summed E-state index contributed by atoms with van der Waals surface area (Å²) in [5.74, 6) is 0. The van der Waals surface area contributed by atoms with E-state index in [0.29, 0.717) is 18.8 Å². The number of anilines is 1. The van der Waals surface area contributed by atoms with Gasteiger partial charge in [-0.1, -0.05) is 12.1 Å². The lowest BCUT2D eigenvalue weighted by atomic mass is 10.2. The summed E-state index contributed by atoms with van der Waals surface area (Å²) in [5, 5.41) is 14.1. The van der Waals surface area contributed by atoms with E-state index in [9.17, 15) is 14.9 Å². The fourth-order valence-corrected chi connectivity index (χ4v) is 2.22. The molecule has 0 radical (unpaired) electrons. The normalized spacial score (nSPS) is 10.4. The number of nitrogens with one attached hydrogen (secondary N) is 1. The van der Waals surface area contributed by atoms with Gasteiger partial charge >= 0.3 is 0 Å². The summed E-state index contributed by atoms with van der Waals surface area (Å²) in [6.45, 7) is 3.11. The first-order valence-electron chi connectivity index (χ1n) is 7.22. The monoisotopic (exact) mass is 301 g/mol. The molecule has 6 nitrogen and oxygen atoms in total. The Kier molecular flexibility index (Phi) is 5.30. The number of rotatable bonds is 7. The average Bonchev–Trinajstić information content (AvgIpc) is 2.49. The minimum Gasteiger partial charge on any atom is -0.379 e. The number of nitrogens with zero attached hydrogens (tertiary/aromatic N) is 2. The summed E-state index contributed by atoms with van der Waals surface area (Å²) < 4.78 is 1.66. The summed E-state index contributed by atoms with van der Waals surface area (Å²) in [7, 11) is 0. The number of aromatic nitrogens is 1. The number of hydrogen-bond acceptors (Lipinski definition) is 4. The first-order valence-corrected chi connectivity index (χ1v) is 7.22. The molecule has 0 aliphatic heterocycles. The van der Waals surface area contributed by atoms with Crippen molar-refractivity contribution in [1.29, 1.82) is 0 Å². The number of aryl methyl sites for hydroxylation is 2. The van der Waals surface area contributed by atoms with Crippen LogP contribution in [0.5, 0.6) is 0 Å². The summed E-state index contributed by atoms with van der Waals surface area (Å²) in [6, 6.07) is 10.2. The number of nitro benzene ring substituents is 1. The molecule has 0 unspecified atom stereocenters. The third-order valence-corrected chi connectivity index (χ3v) is 3.39. The van der Waals surface area contributed by atoms with Crippen LogP contribution >= 0.6 is 0 Å². The van der Waals surface area contributed by atoms with Crippen LogP contribution in [0.3, 0.4) is 0 Å². The zero-order valence-electron chi connectivity index (χ0n) is 12.5. The Hall–Kier alpha value is -2.63. The van der Waals surface area contributed by atoms with Crippen LogP contribution in [0, 0.1) is 17.0 Å². The molecule has 1 N–H and O–H groups in total. The summed E-state index contributed by atoms with van der Waals surface area (Å²) in [6.07, 6.45) is 3.42. The highest BCUT2D eigenvalue weighted by Gasteiger charge is 2.12.